The van der Waals surface area contributed by atoms with E-state index in [0.29, 0.717) is 23.0 Å². The van der Waals surface area contributed by atoms with Crippen LogP contribution in [0.3, 0.4) is 0 Å². The fourth-order valence-electron chi connectivity index (χ4n) is 1.70. The van der Waals surface area contributed by atoms with Crippen molar-refractivity contribution in [2.75, 3.05) is 7.11 Å². The molecule has 2 rings (SSSR count). The zero-order valence-corrected chi connectivity index (χ0v) is 13.9. The van der Waals surface area contributed by atoms with E-state index in [-0.39, 0.29) is 21.4 Å². The minimum atomic E-state index is -1.12. The van der Waals surface area contributed by atoms with Crippen LogP contribution in [0.1, 0.15) is 18.3 Å². The number of phenols is 1. The molecule has 1 heterocycles. The molecule has 0 amide bonds. The van der Waals surface area contributed by atoms with Crippen molar-refractivity contribution in [1.29, 1.82) is 0 Å². The first kappa shape index (κ1) is 17.2. The molecule has 7 nitrogen and oxygen atoms in total. The number of aromatic hydroxyl groups is 1. The summed E-state index contributed by atoms with van der Waals surface area (Å²) in [6.45, 7) is 1.91. The largest absolute Gasteiger partial charge is 0.503 e. The van der Waals surface area contributed by atoms with Crippen LogP contribution in [0.4, 0.5) is 0 Å². The Bertz CT molecular complexity index is 760. The number of phenolic OH excluding ortho intramolecular Hbond substituents is 1. The van der Waals surface area contributed by atoms with Gasteiger partial charge in [-0.15, -0.1) is 5.10 Å². The van der Waals surface area contributed by atoms with Crippen LogP contribution in [-0.2, 0) is 11.2 Å². The second-order valence-corrected chi connectivity index (χ2v) is 5.80. The fourth-order valence-corrected chi connectivity index (χ4v) is 2.64. The van der Waals surface area contributed by atoms with Crippen molar-refractivity contribution < 1.29 is 19.7 Å². The van der Waals surface area contributed by atoms with Crippen LogP contribution in [0.5, 0.6) is 11.5 Å². The maximum absolute atomic E-state index is 11.4. The van der Waals surface area contributed by atoms with Crippen LogP contribution in [0.2, 0.25) is 5.02 Å². The van der Waals surface area contributed by atoms with Gasteiger partial charge in [-0.2, -0.15) is 0 Å². The minimum Gasteiger partial charge on any atom is -0.503 e. The third kappa shape index (κ3) is 4.17. The number of carbonyl (C=O) groups is 1. The average Bonchev–Trinajstić information content (AvgIpc) is 2.97. The number of halogens is 1. The number of aromatic nitrogens is 3. The van der Waals surface area contributed by atoms with Crippen molar-refractivity contribution in [2.45, 2.75) is 18.5 Å². The van der Waals surface area contributed by atoms with E-state index in [1.54, 1.807) is 0 Å². The van der Waals surface area contributed by atoms with E-state index >= 15 is 0 Å². The Balaban J connectivity index is 2.35. The molecule has 0 spiro atoms. The number of thioether (sulfide) groups is 1. The summed E-state index contributed by atoms with van der Waals surface area (Å²) in [5.74, 6) is -0.491. The molecule has 9 heteroatoms. The van der Waals surface area contributed by atoms with Gasteiger partial charge in [0.25, 0.3) is 0 Å². The molecule has 0 saturated carbocycles. The molecular weight excluding hydrogens is 342 g/mol. The van der Waals surface area contributed by atoms with Gasteiger partial charge in [0.05, 0.1) is 12.1 Å². The van der Waals surface area contributed by atoms with Gasteiger partial charge in [-0.05, 0) is 35.5 Å². The van der Waals surface area contributed by atoms with Gasteiger partial charge < -0.3 is 14.9 Å². The molecule has 0 aliphatic heterocycles. The standard InChI is InChI=1S/C14H14ClN3O4S/c1-3-11-16-14(18-17-11)23-10(13(20)21)6-7-4-8(15)12(19)9(5-7)22-2/h4-6,19H,3H2,1-2H3,(H,20,21)(H,16,17,18)/b10-6-. The van der Waals surface area contributed by atoms with Gasteiger partial charge in [0.1, 0.15) is 10.7 Å². The third-order valence-corrected chi connectivity index (χ3v) is 3.99. The van der Waals surface area contributed by atoms with Crippen LogP contribution in [0.15, 0.2) is 22.2 Å². The van der Waals surface area contributed by atoms with Gasteiger partial charge in [-0.25, -0.2) is 9.78 Å². The summed E-state index contributed by atoms with van der Waals surface area (Å²) in [6.07, 6.45) is 2.08. The molecule has 0 unspecified atom stereocenters. The van der Waals surface area contributed by atoms with Crippen LogP contribution in [0, 0.1) is 0 Å². The Labute approximate surface area is 141 Å². The molecule has 1 aromatic heterocycles. The number of nitrogens with one attached hydrogen (secondary N) is 1. The number of carboxylic acids is 1. The van der Waals surface area contributed by atoms with Gasteiger partial charge in [0, 0.05) is 6.42 Å². The van der Waals surface area contributed by atoms with E-state index in [0.717, 1.165) is 11.8 Å². The van der Waals surface area contributed by atoms with Crippen LogP contribution < -0.4 is 4.74 Å². The average molecular weight is 356 g/mol. The monoisotopic (exact) mass is 355 g/mol. The van der Waals surface area contributed by atoms with Gasteiger partial charge in [0.2, 0.25) is 5.16 Å². The van der Waals surface area contributed by atoms with E-state index < -0.39 is 5.97 Å². The number of rotatable bonds is 6. The van der Waals surface area contributed by atoms with E-state index in [1.807, 2.05) is 6.92 Å². The number of hydrogen-bond donors (Lipinski definition) is 3. The molecular formula is C14H14ClN3O4S. The SMILES string of the molecule is CCc1nc(S/C(=C\c2cc(Cl)c(O)c(OC)c2)C(=O)O)n[nH]1. The molecule has 2 aromatic rings. The van der Waals surface area contributed by atoms with Crippen LogP contribution in [0.25, 0.3) is 6.08 Å². The minimum absolute atomic E-state index is 0.00969. The summed E-state index contributed by atoms with van der Waals surface area (Å²) in [5.41, 5.74) is 0.473. The maximum Gasteiger partial charge on any atom is 0.342 e. The van der Waals surface area contributed by atoms with Crippen molar-refractivity contribution in [3.05, 3.63) is 33.4 Å². The van der Waals surface area contributed by atoms with Gasteiger partial charge in [0.15, 0.2) is 11.5 Å². The smallest absolute Gasteiger partial charge is 0.342 e. The van der Waals surface area contributed by atoms with Crippen molar-refractivity contribution in [2.24, 2.45) is 0 Å². The Morgan fingerprint density at radius 1 is 1.52 bits per heavy atom. The van der Waals surface area contributed by atoms with Crippen molar-refractivity contribution in [3.8, 4) is 11.5 Å². The number of aliphatic carboxylic acids is 1. The highest BCUT2D eigenvalue weighted by Crippen LogP contribution is 2.36. The molecule has 0 fully saturated rings. The van der Waals surface area contributed by atoms with Crippen molar-refractivity contribution in [3.63, 3.8) is 0 Å². The lowest BCUT2D eigenvalue weighted by Crippen LogP contribution is -1.97. The number of methoxy groups -OCH3 is 1. The highest BCUT2D eigenvalue weighted by Gasteiger charge is 2.15. The highest BCUT2D eigenvalue weighted by atomic mass is 35.5. The van der Waals surface area contributed by atoms with Crippen LogP contribution in [-0.4, -0.2) is 38.5 Å². The first-order valence-corrected chi connectivity index (χ1v) is 7.74. The fraction of sp³-hybridized carbons (Fsp3) is 0.214. The Kier molecular flexibility index (Phi) is 5.51. The number of hydrogen-bond acceptors (Lipinski definition) is 6. The van der Waals surface area contributed by atoms with E-state index in [9.17, 15) is 15.0 Å². The normalized spacial score (nSPS) is 11.5. The number of aromatic amines is 1. The molecule has 0 saturated heterocycles. The Morgan fingerprint density at radius 2 is 2.26 bits per heavy atom. The molecule has 0 aliphatic carbocycles. The summed E-state index contributed by atoms with van der Waals surface area (Å²) in [4.78, 5) is 15.6. The highest BCUT2D eigenvalue weighted by molar-refractivity contribution is 8.04. The predicted molar refractivity (Wildman–Crippen MR) is 86.9 cm³/mol. The molecule has 1 aromatic carbocycles. The quantitative estimate of drug-likeness (QED) is 0.540. The number of aryl methyl sites for hydroxylation is 1. The van der Waals surface area contributed by atoms with Crippen molar-refractivity contribution >= 4 is 35.4 Å². The Morgan fingerprint density at radius 3 is 2.83 bits per heavy atom. The Hall–Kier alpha value is -2.19. The summed E-state index contributed by atoms with van der Waals surface area (Å²) in [5, 5.41) is 26.1. The first-order valence-electron chi connectivity index (χ1n) is 6.55. The summed E-state index contributed by atoms with van der Waals surface area (Å²) >= 11 is 6.81. The first-order chi connectivity index (χ1) is 10.9. The number of nitrogens with zero attached hydrogens (tertiary/aromatic N) is 2. The van der Waals surface area contributed by atoms with E-state index in [1.165, 1.54) is 25.3 Å². The van der Waals surface area contributed by atoms with Crippen molar-refractivity contribution in [1.82, 2.24) is 15.2 Å². The predicted octanol–water partition coefficient (Wildman–Crippen LogP) is 2.95. The van der Waals surface area contributed by atoms with Crippen LogP contribution >= 0.6 is 23.4 Å². The summed E-state index contributed by atoms with van der Waals surface area (Å²) < 4.78 is 5.00. The molecule has 0 bridgehead atoms. The maximum atomic E-state index is 11.4. The zero-order valence-electron chi connectivity index (χ0n) is 12.3. The lowest BCUT2D eigenvalue weighted by Gasteiger charge is -2.07. The molecule has 0 radical (unpaired) electrons. The second kappa shape index (κ2) is 7.38. The van der Waals surface area contributed by atoms with E-state index in [2.05, 4.69) is 15.2 Å². The van der Waals surface area contributed by atoms with Gasteiger partial charge >= 0.3 is 5.97 Å². The molecule has 23 heavy (non-hydrogen) atoms. The topological polar surface area (TPSA) is 108 Å². The number of ether oxygens (including phenoxy) is 1. The summed E-state index contributed by atoms with van der Waals surface area (Å²) in [6, 6.07) is 2.93. The zero-order chi connectivity index (χ0) is 17.0. The number of carboxylic acid groups (broad SMARTS) is 1. The third-order valence-electron chi connectivity index (χ3n) is 2.83. The molecule has 122 valence electrons. The van der Waals surface area contributed by atoms with Gasteiger partial charge in [-0.3, -0.25) is 5.10 Å². The second-order valence-electron chi connectivity index (χ2n) is 4.39. The number of H-pyrrole nitrogens is 1. The van der Waals surface area contributed by atoms with E-state index in [4.69, 9.17) is 16.3 Å². The lowest BCUT2D eigenvalue weighted by molar-refractivity contribution is -0.131. The van der Waals surface area contributed by atoms with Gasteiger partial charge in [-0.1, -0.05) is 18.5 Å². The lowest BCUT2D eigenvalue weighted by atomic mass is 10.2. The molecule has 0 aliphatic rings. The molecule has 0 atom stereocenters. The number of benzene rings is 1. The summed E-state index contributed by atoms with van der Waals surface area (Å²) in [7, 11) is 1.38. The molecule has 3 N–H and O–H groups in total.